The van der Waals surface area contributed by atoms with Crippen LogP contribution in [0.3, 0.4) is 0 Å². The minimum Gasteiger partial charge on any atom is -0.468 e. The molecule has 0 saturated carbocycles. The van der Waals surface area contributed by atoms with Gasteiger partial charge in [-0.2, -0.15) is 0 Å². The Bertz CT molecular complexity index is 716. The Morgan fingerprint density at radius 1 is 1.15 bits per heavy atom. The number of nitrogens with zero attached hydrogens (tertiary/aromatic N) is 2. The van der Waals surface area contributed by atoms with Crippen molar-refractivity contribution < 1.29 is 9.53 Å². The normalized spacial score (nSPS) is 10.2. The van der Waals surface area contributed by atoms with Crippen molar-refractivity contribution in [3.63, 3.8) is 0 Å². The predicted molar refractivity (Wildman–Crippen MR) is 72.5 cm³/mol. The zero-order valence-electron chi connectivity index (χ0n) is 11.0. The summed E-state index contributed by atoms with van der Waals surface area (Å²) in [6.07, 6.45) is 1.29. The first-order valence-corrected chi connectivity index (χ1v) is 6.03. The summed E-state index contributed by atoms with van der Waals surface area (Å²) in [6.45, 7) is -0.0507. The molecule has 0 amide bonds. The second kappa shape index (κ2) is 6.01. The number of carbonyl (C=O) groups excluding carboxylic acids is 1. The molecule has 0 bridgehead atoms. The van der Waals surface area contributed by atoms with Crippen molar-refractivity contribution in [2.24, 2.45) is 0 Å². The predicted octanol–water partition coefficient (Wildman–Crippen LogP) is 0.231. The van der Waals surface area contributed by atoms with Crippen molar-refractivity contribution in [1.82, 2.24) is 9.13 Å². The fraction of sp³-hybridized carbons (Fsp3) is 0.214. The average molecular weight is 274 g/mol. The average Bonchev–Trinajstić information content (AvgIpc) is 2.47. The van der Waals surface area contributed by atoms with Gasteiger partial charge >= 0.3 is 11.7 Å². The molecule has 2 rings (SSSR count). The topological polar surface area (TPSA) is 70.3 Å². The van der Waals surface area contributed by atoms with Gasteiger partial charge in [-0.25, -0.2) is 4.79 Å². The number of carbonyl (C=O) groups is 1. The van der Waals surface area contributed by atoms with E-state index in [4.69, 9.17) is 0 Å². The molecule has 6 heteroatoms. The lowest BCUT2D eigenvalue weighted by atomic mass is 10.2. The van der Waals surface area contributed by atoms with Gasteiger partial charge in [0.15, 0.2) is 0 Å². The molecule has 0 unspecified atom stereocenters. The SMILES string of the molecule is COC(=O)Cn1ccc(=O)n(Cc2ccccc2)c1=O. The van der Waals surface area contributed by atoms with Crippen LogP contribution < -0.4 is 11.2 Å². The fourth-order valence-corrected chi connectivity index (χ4v) is 1.79. The summed E-state index contributed by atoms with van der Waals surface area (Å²) in [4.78, 5) is 35.2. The molecule has 1 aromatic heterocycles. The van der Waals surface area contributed by atoms with Crippen LogP contribution in [0.2, 0.25) is 0 Å². The Kier molecular flexibility index (Phi) is 4.14. The zero-order valence-corrected chi connectivity index (χ0v) is 11.0. The summed E-state index contributed by atoms with van der Waals surface area (Å²) < 4.78 is 6.74. The van der Waals surface area contributed by atoms with Crippen molar-refractivity contribution in [3.8, 4) is 0 Å². The molecule has 6 nitrogen and oxygen atoms in total. The third kappa shape index (κ3) is 3.03. The van der Waals surface area contributed by atoms with Crippen molar-refractivity contribution >= 4 is 5.97 Å². The van der Waals surface area contributed by atoms with Gasteiger partial charge in [-0.15, -0.1) is 0 Å². The van der Waals surface area contributed by atoms with E-state index >= 15 is 0 Å². The van der Waals surface area contributed by atoms with Crippen molar-refractivity contribution in [3.05, 3.63) is 69.0 Å². The van der Waals surface area contributed by atoms with E-state index in [2.05, 4.69) is 4.74 Å². The minimum absolute atomic E-state index is 0.167. The maximum atomic E-state index is 12.2. The molecule has 0 fully saturated rings. The largest absolute Gasteiger partial charge is 0.468 e. The number of hydrogen-bond donors (Lipinski definition) is 0. The highest BCUT2D eigenvalue weighted by Crippen LogP contribution is 1.98. The van der Waals surface area contributed by atoms with E-state index < -0.39 is 17.2 Å². The minimum atomic E-state index is -0.544. The van der Waals surface area contributed by atoms with Crippen molar-refractivity contribution in [2.45, 2.75) is 13.1 Å². The van der Waals surface area contributed by atoms with Gasteiger partial charge in [-0.3, -0.25) is 18.7 Å². The lowest BCUT2D eigenvalue weighted by molar-refractivity contribution is -0.141. The van der Waals surface area contributed by atoms with Gasteiger partial charge in [0.1, 0.15) is 6.54 Å². The summed E-state index contributed by atoms with van der Waals surface area (Å²) in [5.41, 5.74) is -0.103. The molecule has 2 aromatic rings. The van der Waals surface area contributed by atoms with Crippen molar-refractivity contribution in [2.75, 3.05) is 7.11 Å². The Labute approximate surface area is 114 Å². The van der Waals surface area contributed by atoms with Gasteiger partial charge in [0.25, 0.3) is 5.56 Å². The molecule has 20 heavy (non-hydrogen) atoms. The molecule has 1 aromatic carbocycles. The number of esters is 1. The molecule has 0 atom stereocenters. The van der Waals surface area contributed by atoms with Crippen LogP contribution in [0.4, 0.5) is 0 Å². The highest BCUT2D eigenvalue weighted by Gasteiger charge is 2.09. The summed E-state index contributed by atoms with van der Waals surface area (Å²) in [7, 11) is 1.24. The highest BCUT2D eigenvalue weighted by atomic mass is 16.5. The first-order chi connectivity index (χ1) is 9.61. The summed E-state index contributed by atoms with van der Waals surface area (Å²) in [5, 5.41) is 0. The lowest BCUT2D eigenvalue weighted by Crippen LogP contribution is -2.40. The standard InChI is InChI=1S/C14H14N2O4/c1-20-13(18)10-15-8-7-12(17)16(14(15)19)9-11-5-3-2-4-6-11/h2-8H,9-10H2,1H3. The van der Waals surface area contributed by atoms with Gasteiger partial charge in [-0.05, 0) is 5.56 Å². The molecule has 0 aliphatic carbocycles. The first-order valence-electron chi connectivity index (χ1n) is 6.03. The van der Waals surface area contributed by atoms with Crippen LogP contribution in [0.5, 0.6) is 0 Å². The number of benzene rings is 1. The van der Waals surface area contributed by atoms with Crippen LogP contribution in [-0.2, 0) is 22.6 Å². The number of ether oxygens (including phenoxy) is 1. The number of rotatable bonds is 4. The third-order valence-electron chi connectivity index (χ3n) is 2.85. The smallest absolute Gasteiger partial charge is 0.331 e. The molecule has 104 valence electrons. The van der Waals surface area contributed by atoms with Gasteiger partial charge in [0.05, 0.1) is 13.7 Å². The van der Waals surface area contributed by atoms with Crippen molar-refractivity contribution in [1.29, 1.82) is 0 Å². The van der Waals surface area contributed by atoms with Gasteiger partial charge in [-0.1, -0.05) is 30.3 Å². The van der Waals surface area contributed by atoms with E-state index in [9.17, 15) is 14.4 Å². The van der Waals surface area contributed by atoms with Crippen LogP contribution in [0, 0.1) is 0 Å². The first kappa shape index (κ1) is 13.8. The van der Waals surface area contributed by atoms with E-state index in [1.54, 1.807) is 0 Å². The van der Waals surface area contributed by atoms with Crippen LogP contribution in [0.1, 0.15) is 5.56 Å². The van der Waals surface area contributed by atoms with Gasteiger partial charge in [0, 0.05) is 12.3 Å². The lowest BCUT2D eigenvalue weighted by Gasteiger charge is -2.09. The summed E-state index contributed by atoms with van der Waals surface area (Å²) in [6, 6.07) is 10.4. The van der Waals surface area contributed by atoms with Crippen LogP contribution in [0.25, 0.3) is 0 Å². The third-order valence-corrected chi connectivity index (χ3v) is 2.85. The molecule has 0 N–H and O–H groups in total. The second-order valence-corrected chi connectivity index (χ2v) is 4.21. The van der Waals surface area contributed by atoms with E-state index in [1.165, 1.54) is 19.4 Å². The zero-order chi connectivity index (χ0) is 14.5. The molecular weight excluding hydrogens is 260 g/mol. The van der Waals surface area contributed by atoms with Gasteiger partial charge < -0.3 is 4.74 Å². The Morgan fingerprint density at radius 2 is 1.85 bits per heavy atom. The molecule has 0 radical (unpaired) electrons. The van der Waals surface area contributed by atoms with Crippen LogP contribution in [-0.4, -0.2) is 22.2 Å². The Morgan fingerprint density at radius 3 is 2.50 bits per heavy atom. The number of methoxy groups -OCH3 is 1. The quantitative estimate of drug-likeness (QED) is 0.748. The maximum Gasteiger partial charge on any atom is 0.331 e. The second-order valence-electron chi connectivity index (χ2n) is 4.21. The Hall–Kier alpha value is -2.63. The molecular formula is C14H14N2O4. The van der Waals surface area contributed by atoms with E-state index in [0.29, 0.717) is 0 Å². The van der Waals surface area contributed by atoms with E-state index in [1.807, 2.05) is 30.3 Å². The van der Waals surface area contributed by atoms with Crippen LogP contribution >= 0.6 is 0 Å². The molecule has 0 aliphatic rings. The molecule has 1 heterocycles. The highest BCUT2D eigenvalue weighted by molar-refractivity contribution is 5.68. The monoisotopic (exact) mass is 274 g/mol. The fourth-order valence-electron chi connectivity index (χ4n) is 1.79. The van der Waals surface area contributed by atoms with E-state index in [-0.39, 0.29) is 13.1 Å². The van der Waals surface area contributed by atoms with E-state index in [0.717, 1.165) is 14.7 Å². The number of aromatic nitrogens is 2. The summed E-state index contributed by atoms with van der Waals surface area (Å²) in [5.74, 6) is -0.544. The molecule has 0 spiro atoms. The Balaban J connectivity index is 2.38. The number of hydrogen-bond acceptors (Lipinski definition) is 4. The molecule has 0 saturated heterocycles. The van der Waals surface area contributed by atoms with Crippen LogP contribution in [0.15, 0.2) is 52.2 Å². The maximum absolute atomic E-state index is 12.2. The van der Waals surface area contributed by atoms with Gasteiger partial charge in [0.2, 0.25) is 0 Å². The summed E-state index contributed by atoms with van der Waals surface area (Å²) >= 11 is 0. The molecule has 0 aliphatic heterocycles.